The number of hydrogen-bond donors (Lipinski definition) is 3. The number of rotatable bonds is 3. The van der Waals surface area contributed by atoms with Gasteiger partial charge in [0.25, 0.3) is 0 Å². The number of aliphatic hydroxyl groups is 2. The summed E-state index contributed by atoms with van der Waals surface area (Å²) in [5, 5.41) is 18.3. The Morgan fingerprint density at radius 3 is 2.73 bits per heavy atom. The van der Waals surface area contributed by atoms with E-state index in [1.165, 1.54) is 6.26 Å². The molecule has 1 rings (SSSR count). The van der Waals surface area contributed by atoms with Crippen molar-refractivity contribution in [3.63, 3.8) is 0 Å². The van der Waals surface area contributed by atoms with Gasteiger partial charge in [-0.1, -0.05) is 0 Å². The zero-order valence-electron chi connectivity index (χ0n) is 5.97. The molecule has 0 amide bonds. The van der Waals surface area contributed by atoms with E-state index in [-0.39, 0.29) is 6.54 Å². The summed E-state index contributed by atoms with van der Waals surface area (Å²) < 4.78 is 4.85. The number of nitrogens with two attached hydrogens (primary N) is 1. The average Bonchev–Trinajstić information content (AvgIpc) is 2.53. The van der Waals surface area contributed by atoms with E-state index in [1.54, 1.807) is 12.1 Å². The van der Waals surface area contributed by atoms with Crippen LogP contribution >= 0.6 is 0 Å². The lowest BCUT2D eigenvalue weighted by Gasteiger charge is -2.12. The molecule has 0 saturated heterocycles. The lowest BCUT2D eigenvalue weighted by atomic mass is 10.1. The van der Waals surface area contributed by atoms with Crippen molar-refractivity contribution in [1.82, 2.24) is 0 Å². The van der Waals surface area contributed by atoms with Crippen LogP contribution in [0.2, 0.25) is 0 Å². The maximum absolute atomic E-state index is 9.25. The van der Waals surface area contributed by atoms with E-state index in [1.807, 2.05) is 0 Å². The highest BCUT2D eigenvalue weighted by Crippen LogP contribution is 2.15. The van der Waals surface area contributed by atoms with Crippen LogP contribution in [0.1, 0.15) is 11.9 Å². The molecule has 1 aromatic heterocycles. The van der Waals surface area contributed by atoms with Gasteiger partial charge in [0.2, 0.25) is 0 Å². The first kappa shape index (κ1) is 8.26. The van der Waals surface area contributed by atoms with E-state index in [4.69, 9.17) is 15.3 Å². The van der Waals surface area contributed by atoms with E-state index in [9.17, 15) is 5.11 Å². The van der Waals surface area contributed by atoms with Crippen LogP contribution in [0.5, 0.6) is 0 Å². The normalized spacial score (nSPS) is 16.3. The van der Waals surface area contributed by atoms with Gasteiger partial charge in [-0.2, -0.15) is 0 Å². The Morgan fingerprint density at radius 1 is 1.55 bits per heavy atom. The second-order valence-corrected chi connectivity index (χ2v) is 2.26. The Kier molecular flexibility index (Phi) is 2.64. The molecule has 2 atom stereocenters. The minimum atomic E-state index is -1.02. The smallest absolute Gasteiger partial charge is 0.139 e. The molecule has 0 aliphatic carbocycles. The first-order valence-electron chi connectivity index (χ1n) is 3.35. The molecule has 4 N–H and O–H groups in total. The summed E-state index contributed by atoms with van der Waals surface area (Å²) in [6.07, 6.45) is -0.543. The van der Waals surface area contributed by atoms with Gasteiger partial charge in [-0.3, -0.25) is 0 Å². The fourth-order valence-corrected chi connectivity index (χ4v) is 0.778. The molecular weight excluding hydrogens is 146 g/mol. The summed E-state index contributed by atoms with van der Waals surface area (Å²) in [5.41, 5.74) is 5.13. The van der Waals surface area contributed by atoms with Crippen LogP contribution < -0.4 is 5.73 Å². The van der Waals surface area contributed by atoms with Crippen LogP contribution in [0.3, 0.4) is 0 Å². The molecule has 11 heavy (non-hydrogen) atoms. The Hall–Kier alpha value is -0.840. The lowest BCUT2D eigenvalue weighted by Crippen LogP contribution is -2.26. The second-order valence-electron chi connectivity index (χ2n) is 2.26. The summed E-state index contributed by atoms with van der Waals surface area (Å²) in [5.74, 6) is 0.336. The zero-order valence-corrected chi connectivity index (χ0v) is 5.97. The van der Waals surface area contributed by atoms with Crippen LogP contribution in [0, 0.1) is 0 Å². The monoisotopic (exact) mass is 157 g/mol. The molecular formula is C7H11NO3. The Labute approximate surface area is 64.2 Å². The van der Waals surface area contributed by atoms with Crippen molar-refractivity contribution in [2.24, 2.45) is 5.73 Å². The van der Waals surface area contributed by atoms with Crippen molar-refractivity contribution in [2.75, 3.05) is 6.54 Å². The summed E-state index contributed by atoms with van der Waals surface area (Å²) >= 11 is 0. The largest absolute Gasteiger partial charge is 0.466 e. The van der Waals surface area contributed by atoms with Gasteiger partial charge < -0.3 is 20.4 Å². The van der Waals surface area contributed by atoms with Gasteiger partial charge >= 0.3 is 0 Å². The first-order valence-corrected chi connectivity index (χ1v) is 3.35. The Bertz CT molecular complexity index is 197. The summed E-state index contributed by atoms with van der Waals surface area (Å²) in [6.45, 7) is 0.0157. The van der Waals surface area contributed by atoms with Crippen LogP contribution in [0.4, 0.5) is 0 Å². The third kappa shape index (κ3) is 1.80. The highest BCUT2D eigenvalue weighted by Gasteiger charge is 2.18. The van der Waals surface area contributed by atoms with Crippen LogP contribution in [0.25, 0.3) is 0 Å². The standard InChI is InChI=1S/C7H11NO3/c8-4-5(9)7(10)6-2-1-3-11-6/h1-3,5,7,9-10H,4,8H2. The number of furan rings is 1. The molecule has 1 heterocycles. The van der Waals surface area contributed by atoms with Gasteiger partial charge in [-0.25, -0.2) is 0 Å². The fraction of sp³-hybridized carbons (Fsp3) is 0.429. The molecule has 4 nitrogen and oxygen atoms in total. The van der Waals surface area contributed by atoms with Crippen LogP contribution in [0.15, 0.2) is 22.8 Å². The average molecular weight is 157 g/mol. The van der Waals surface area contributed by atoms with Gasteiger partial charge in [-0.15, -0.1) is 0 Å². The predicted molar refractivity (Wildman–Crippen MR) is 38.7 cm³/mol. The minimum Gasteiger partial charge on any atom is -0.466 e. The van der Waals surface area contributed by atoms with Gasteiger partial charge in [0, 0.05) is 6.54 Å². The Balaban J connectivity index is 2.62. The molecule has 1 aromatic rings. The maximum atomic E-state index is 9.25. The highest BCUT2D eigenvalue weighted by atomic mass is 16.4. The predicted octanol–water partition coefficient (Wildman–Crippen LogP) is -0.367. The summed E-state index contributed by atoms with van der Waals surface area (Å²) in [6, 6.07) is 3.23. The van der Waals surface area contributed by atoms with E-state index in [0.717, 1.165) is 0 Å². The van der Waals surface area contributed by atoms with Crippen molar-refractivity contribution in [3.05, 3.63) is 24.2 Å². The maximum Gasteiger partial charge on any atom is 0.139 e. The molecule has 0 aliphatic rings. The van der Waals surface area contributed by atoms with E-state index in [0.29, 0.717) is 5.76 Å². The summed E-state index contributed by atoms with van der Waals surface area (Å²) in [4.78, 5) is 0. The third-order valence-corrected chi connectivity index (χ3v) is 1.44. The van der Waals surface area contributed by atoms with Crippen LogP contribution in [-0.2, 0) is 0 Å². The molecule has 0 spiro atoms. The fourth-order valence-electron chi connectivity index (χ4n) is 0.778. The molecule has 0 radical (unpaired) electrons. The number of hydrogen-bond acceptors (Lipinski definition) is 4. The zero-order chi connectivity index (χ0) is 8.27. The molecule has 0 aliphatic heterocycles. The van der Waals surface area contributed by atoms with Crippen LogP contribution in [-0.4, -0.2) is 22.9 Å². The van der Waals surface area contributed by atoms with Gasteiger partial charge in [-0.05, 0) is 12.1 Å². The molecule has 0 saturated carbocycles. The summed E-state index contributed by atoms with van der Waals surface area (Å²) in [7, 11) is 0. The second kappa shape index (κ2) is 3.52. The number of aliphatic hydroxyl groups excluding tert-OH is 2. The Morgan fingerprint density at radius 2 is 2.27 bits per heavy atom. The van der Waals surface area contributed by atoms with Gasteiger partial charge in [0.05, 0.1) is 12.4 Å². The van der Waals surface area contributed by atoms with Gasteiger partial charge in [0.15, 0.2) is 0 Å². The molecule has 0 fully saturated rings. The molecule has 62 valence electrons. The van der Waals surface area contributed by atoms with Crippen molar-refractivity contribution < 1.29 is 14.6 Å². The first-order chi connectivity index (χ1) is 5.25. The van der Waals surface area contributed by atoms with E-state index >= 15 is 0 Å². The molecule has 0 aromatic carbocycles. The van der Waals surface area contributed by atoms with Gasteiger partial charge in [0.1, 0.15) is 11.9 Å². The lowest BCUT2D eigenvalue weighted by molar-refractivity contribution is 0.0111. The van der Waals surface area contributed by atoms with Crippen molar-refractivity contribution >= 4 is 0 Å². The topological polar surface area (TPSA) is 79.6 Å². The van der Waals surface area contributed by atoms with E-state index < -0.39 is 12.2 Å². The minimum absolute atomic E-state index is 0.0157. The van der Waals surface area contributed by atoms with Crippen molar-refractivity contribution in [2.45, 2.75) is 12.2 Å². The molecule has 4 heteroatoms. The molecule has 0 bridgehead atoms. The third-order valence-electron chi connectivity index (χ3n) is 1.44. The highest BCUT2D eigenvalue weighted by molar-refractivity contribution is 5.03. The van der Waals surface area contributed by atoms with Crippen molar-refractivity contribution in [1.29, 1.82) is 0 Å². The van der Waals surface area contributed by atoms with Crippen molar-refractivity contribution in [3.8, 4) is 0 Å². The van der Waals surface area contributed by atoms with E-state index in [2.05, 4.69) is 0 Å². The molecule has 2 unspecified atom stereocenters. The quantitative estimate of drug-likeness (QED) is 0.559. The SMILES string of the molecule is NCC(O)C(O)c1ccco1.